The van der Waals surface area contributed by atoms with Gasteiger partial charge >= 0.3 is 0 Å². The maximum absolute atomic E-state index is 5.69. The highest BCUT2D eigenvalue weighted by molar-refractivity contribution is 5.86. The Balaban J connectivity index is 2.14. The van der Waals surface area contributed by atoms with Crippen molar-refractivity contribution in [2.24, 2.45) is 0 Å². The van der Waals surface area contributed by atoms with Gasteiger partial charge in [0, 0.05) is 23.5 Å². The summed E-state index contributed by atoms with van der Waals surface area (Å²) < 4.78 is 0. The van der Waals surface area contributed by atoms with Gasteiger partial charge in [0.1, 0.15) is 0 Å². The first-order valence-corrected chi connectivity index (χ1v) is 5.53. The van der Waals surface area contributed by atoms with Crippen molar-refractivity contribution in [1.82, 2.24) is 4.98 Å². The van der Waals surface area contributed by atoms with Crippen molar-refractivity contribution in [3.63, 3.8) is 0 Å². The van der Waals surface area contributed by atoms with Crippen molar-refractivity contribution < 1.29 is 0 Å². The van der Waals surface area contributed by atoms with Gasteiger partial charge in [-0.15, -0.1) is 0 Å². The number of nitrogens with zero attached hydrogens (tertiary/aromatic N) is 1. The van der Waals surface area contributed by atoms with E-state index in [2.05, 4.69) is 23.2 Å². The average molecular weight is 220 g/mol. The molecule has 0 atom stereocenters. The SMILES string of the molecule is Nc1ccc(-c2ccc3cnccc3c2)cc1. The molecule has 17 heavy (non-hydrogen) atoms. The lowest BCUT2D eigenvalue weighted by atomic mass is 10.0. The van der Waals surface area contributed by atoms with Crippen LogP contribution in [0.5, 0.6) is 0 Å². The standard InChI is InChI=1S/C15H12N2/c16-15-5-3-11(4-6-15)12-1-2-14-10-17-8-7-13(14)9-12/h1-10H,16H2. The first-order valence-electron chi connectivity index (χ1n) is 5.53. The van der Waals surface area contributed by atoms with Crippen LogP contribution in [0.4, 0.5) is 5.69 Å². The molecule has 3 rings (SSSR count). The highest BCUT2D eigenvalue weighted by Crippen LogP contribution is 2.24. The van der Waals surface area contributed by atoms with Gasteiger partial charge in [-0.1, -0.05) is 24.3 Å². The van der Waals surface area contributed by atoms with Crippen LogP contribution >= 0.6 is 0 Å². The molecular formula is C15H12N2. The molecule has 0 aliphatic heterocycles. The lowest BCUT2D eigenvalue weighted by molar-refractivity contribution is 1.36. The molecule has 0 aliphatic carbocycles. The number of aromatic nitrogens is 1. The molecule has 82 valence electrons. The fourth-order valence-electron chi connectivity index (χ4n) is 1.94. The van der Waals surface area contributed by atoms with Crippen LogP contribution in [0.1, 0.15) is 0 Å². The van der Waals surface area contributed by atoms with Crippen molar-refractivity contribution >= 4 is 16.5 Å². The fourth-order valence-corrected chi connectivity index (χ4v) is 1.94. The Labute approximate surface area is 99.7 Å². The molecule has 2 aromatic carbocycles. The van der Waals surface area contributed by atoms with Crippen LogP contribution in [0.25, 0.3) is 21.9 Å². The third-order valence-electron chi connectivity index (χ3n) is 2.88. The topological polar surface area (TPSA) is 38.9 Å². The van der Waals surface area contributed by atoms with Crippen molar-refractivity contribution in [1.29, 1.82) is 0 Å². The van der Waals surface area contributed by atoms with Crippen molar-refractivity contribution in [2.45, 2.75) is 0 Å². The molecule has 0 saturated carbocycles. The summed E-state index contributed by atoms with van der Waals surface area (Å²) in [6.07, 6.45) is 3.69. The van der Waals surface area contributed by atoms with E-state index in [0.29, 0.717) is 0 Å². The summed E-state index contributed by atoms with van der Waals surface area (Å²) in [5.74, 6) is 0. The Morgan fingerprint density at radius 2 is 1.53 bits per heavy atom. The van der Waals surface area contributed by atoms with E-state index in [4.69, 9.17) is 5.73 Å². The smallest absolute Gasteiger partial charge is 0.0346 e. The molecule has 0 fully saturated rings. The molecule has 0 saturated heterocycles. The number of pyridine rings is 1. The molecule has 0 bridgehead atoms. The minimum Gasteiger partial charge on any atom is -0.399 e. The van der Waals surface area contributed by atoms with Crippen LogP contribution in [0.2, 0.25) is 0 Å². The summed E-state index contributed by atoms with van der Waals surface area (Å²) >= 11 is 0. The van der Waals surface area contributed by atoms with Crippen molar-refractivity contribution in [3.8, 4) is 11.1 Å². The Kier molecular flexibility index (Phi) is 2.26. The van der Waals surface area contributed by atoms with E-state index in [1.54, 1.807) is 0 Å². The molecule has 2 nitrogen and oxygen atoms in total. The Morgan fingerprint density at radius 1 is 0.765 bits per heavy atom. The van der Waals surface area contributed by atoms with Crippen molar-refractivity contribution in [2.75, 3.05) is 5.73 Å². The fraction of sp³-hybridized carbons (Fsp3) is 0. The number of hydrogen-bond donors (Lipinski definition) is 1. The second-order valence-corrected chi connectivity index (χ2v) is 4.06. The molecule has 1 heterocycles. The van der Waals surface area contributed by atoms with Gasteiger partial charge < -0.3 is 5.73 Å². The Hall–Kier alpha value is -2.35. The number of hydrogen-bond acceptors (Lipinski definition) is 2. The minimum atomic E-state index is 0.790. The normalized spacial score (nSPS) is 10.6. The van der Waals surface area contributed by atoms with Crippen LogP contribution < -0.4 is 5.73 Å². The monoisotopic (exact) mass is 220 g/mol. The molecule has 0 radical (unpaired) electrons. The largest absolute Gasteiger partial charge is 0.399 e. The van der Waals surface area contributed by atoms with E-state index >= 15 is 0 Å². The van der Waals surface area contributed by atoms with E-state index in [0.717, 1.165) is 11.1 Å². The predicted molar refractivity (Wildman–Crippen MR) is 71.6 cm³/mol. The molecule has 2 heteroatoms. The van der Waals surface area contributed by atoms with Gasteiger partial charge in [-0.05, 0) is 40.8 Å². The van der Waals surface area contributed by atoms with E-state index in [9.17, 15) is 0 Å². The molecule has 0 spiro atoms. The van der Waals surface area contributed by atoms with Gasteiger partial charge in [0.25, 0.3) is 0 Å². The number of rotatable bonds is 1. The summed E-state index contributed by atoms with van der Waals surface area (Å²) in [7, 11) is 0. The number of nitrogen functional groups attached to an aromatic ring is 1. The lowest BCUT2D eigenvalue weighted by Crippen LogP contribution is -1.84. The summed E-state index contributed by atoms with van der Waals surface area (Å²) in [6.45, 7) is 0. The van der Waals surface area contributed by atoms with Gasteiger partial charge in [-0.2, -0.15) is 0 Å². The van der Waals surface area contributed by atoms with Gasteiger partial charge in [0.15, 0.2) is 0 Å². The van der Waals surface area contributed by atoms with E-state index in [-0.39, 0.29) is 0 Å². The van der Waals surface area contributed by atoms with Crippen molar-refractivity contribution in [3.05, 3.63) is 60.9 Å². The third kappa shape index (κ3) is 1.85. The minimum absolute atomic E-state index is 0.790. The molecular weight excluding hydrogens is 208 g/mol. The maximum atomic E-state index is 5.69. The van der Waals surface area contributed by atoms with Gasteiger partial charge in [0.05, 0.1) is 0 Å². The average Bonchev–Trinajstić information content (AvgIpc) is 2.39. The van der Waals surface area contributed by atoms with Crippen LogP contribution in [-0.2, 0) is 0 Å². The molecule has 0 unspecified atom stereocenters. The molecule has 2 N–H and O–H groups in total. The summed E-state index contributed by atoms with van der Waals surface area (Å²) in [4.78, 5) is 4.11. The molecule has 3 aromatic rings. The number of anilines is 1. The quantitative estimate of drug-likeness (QED) is 0.637. The van der Waals surface area contributed by atoms with Gasteiger partial charge in [-0.25, -0.2) is 0 Å². The van der Waals surface area contributed by atoms with Crippen LogP contribution in [0, 0.1) is 0 Å². The Bertz CT molecular complexity index is 657. The highest BCUT2D eigenvalue weighted by Gasteiger charge is 1.99. The molecule has 0 amide bonds. The zero-order valence-corrected chi connectivity index (χ0v) is 9.30. The van der Waals surface area contributed by atoms with E-state index < -0.39 is 0 Å². The highest BCUT2D eigenvalue weighted by atomic mass is 14.6. The molecule has 1 aromatic heterocycles. The first-order chi connectivity index (χ1) is 8.33. The van der Waals surface area contributed by atoms with E-state index in [1.165, 1.54) is 16.5 Å². The first kappa shape index (κ1) is 9.85. The summed E-state index contributed by atoms with van der Waals surface area (Å²) in [6, 6.07) is 16.3. The Morgan fingerprint density at radius 3 is 2.35 bits per heavy atom. The maximum Gasteiger partial charge on any atom is 0.0346 e. The number of benzene rings is 2. The van der Waals surface area contributed by atoms with E-state index in [1.807, 2.05) is 42.7 Å². The lowest BCUT2D eigenvalue weighted by Gasteiger charge is -2.04. The predicted octanol–water partition coefficient (Wildman–Crippen LogP) is 3.48. The summed E-state index contributed by atoms with van der Waals surface area (Å²) in [5, 5.41) is 2.36. The number of fused-ring (bicyclic) bond motifs is 1. The van der Waals surface area contributed by atoms with Gasteiger partial charge in [-0.3, -0.25) is 4.98 Å². The second-order valence-electron chi connectivity index (χ2n) is 4.06. The molecule has 0 aliphatic rings. The zero-order chi connectivity index (χ0) is 11.7. The van der Waals surface area contributed by atoms with Crippen LogP contribution in [0.3, 0.4) is 0 Å². The van der Waals surface area contributed by atoms with Crippen LogP contribution in [-0.4, -0.2) is 4.98 Å². The summed E-state index contributed by atoms with van der Waals surface area (Å²) in [5.41, 5.74) is 8.85. The number of nitrogens with two attached hydrogens (primary N) is 1. The second kappa shape index (κ2) is 3.91. The third-order valence-corrected chi connectivity index (χ3v) is 2.88. The zero-order valence-electron chi connectivity index (χ0n) is 9.30. The van der Waals surface area contributed by atoms with Gasteiger partial charge in [0.2, 0.25) is 0 Å². The van der Waals surface area contributed by atoms with Crippen LogP contribution in [0.15, 0.2) is 60.9 Å².